The van der Waals surface area contributed by atoms with Crippen LogP contribution in [0, 0.1) is 13.8 Å². The van der Waals surface area contributed by atoms with Crippen LogP contribution in [0.5, 0.6) is 0 Å². The molecule has 1 heterocycles. The zero-order chi connectivity index (χ0) is 16.8. The van der Waals surface area contributed by atoms with Gasteiger partial charge < -0.3 is 10.4 Å². The number of rotatable bonds is 6. The summed E-state index contributed by atoms with van der Waals surface area (Å²) in [5, 5.41) is 11.9. The molecule has 0 saturated heterocycles. The van der Waals surface area contributed by atoms with Crippen molar-refractivity contribution in [1.82, 2.24) is 4.98 Å². The van der Waals surface area contributed by atoms with Crippen molar-refractivity contribution in [3.63, 3.8) is 0 Å². The Morgan fingerprint density at radius 1 is 1.17 bits per heavy atom. The van der Waals surface area contributed by atoms with Crippen LogP contribution >= 0.6 is 0 Å². The van der Waals surface area contributed by atoms with Crippen LogP contribution in [0.2, 0.25) is 0 Å². The number of nitrogens with zero attached hydrogens (tertiary/aromatic N) is 1. The van der Waals surface area contributed by atoms with E-state index < -0.39 is 0 Å². The van der Waals surface area contributed by atoms with Crippen molar-refractivity contribution in [2.75, 3.05) is 5.32 Å². The molecule has 2 rings (SSSR count). The quantitative estimate of drug-likeness (QED) is 0.804. The molecule has 0 bridgehead atoms. The predicted molar refractivity (Wildman–Crippen MR) is 88.3 cm³/mol. The largest absolute Gasteiger partial charge is 0.392 e. The Morgan fingerprint density at radius 3 is 2.70 bits per heavy atom. The lowest BCUT2D eigenvalue weighted by Gasteiger charge is -2.09. The maximum Gasteiger partial charge on any atom is 0.224 e. The summed E-state index contributed by atoms with van der Waals surface area (Å²) >= 11 is 0. The third-order valence-corrected chi connectivity index (χ3v) is 3.63. The number of amides is 1. The lowest BCUT2D eigenvalue weighted by atomic mass is 9.99. The van der Waals surface area contributed by atoms with Gasteiger partial charge in [-0.3, -0.25) is 14.6 Å². The zero-order valence-corrected chi connectivity index (χ0v) is 13.3. The normalized spacial score (nSPS) is 10.4. The molecule has 1 aromatic carbocycles. The summed E-state index contributed by atoms with van der Waals surface area (Å²) in [4.78, 5) is 28.2. The third kappa shape index (κ3) is 4.47. The molecule has 0 saturated carbocycles. The number of hydrogen-bond acceptors (Lipinski definition) is 4. The molecular weight excluding hydrogens is 292 g/mol. The molecule has 5 nitrogen and oxygen atoms in total. The second kappa shape index (κ2) is 7.65. The van der Waals surface area contributed by atoms with Crippen LogP contribution in [-0.4, -0.2) is 21.8 Å². The lowest BCUT2D eigenvalue weighted by molar-refractivity contribution is -0.116. The lowest BCUT2D eigenvalue weighted by Crippen LogP contribution is -2.15. The fraction of sp³-hybridized carbons (Fsp3) is 0.278. The van der Waals surface area contributed by atoms with E-state index in [4.69, 9.17) is 0 Å². The van der Waals surface area contributed by atoms with Gasteiger partial charge in [0.25, 0.3) is 0 Å². The van der Waals surface area contributed by atoms with Gasteiger partial charge in [-0.2, -0.15) is 0 Å². The summed E-state index contributed by atoms with van der Waals surface area (Å²) in [6.45, 7) is 3.64. The topological polar surface area (TPSA) is 79.3 Å². The summed E-state index contributed by atoms with van der Waals surface area (Å²) in [5.41, 5.74) is 3.66. The number of aliphatic hydroxyl groups is 1. The van der Waals surface area contributed by atoms with Gasteiger partial charge in [0.15, 0.2) is 5.78 Å². The van der Waals surface area contributed by atoms with Crippen LogP contribution < -0.4 is 5.32 Å². The van der Waals surface area contributed by atoms with E-state index in [-0.39, 0.29) is 31.1 Å². The summed E-state index contributed by atoms with van der Waals surface area (Å²) < 4.78 is 0. The number of hydrogen-bond donors (Lipinski definition) is 2. The van der Waals surface area contributed by atoms with Crippen LogP contribution in [0.3, 0.4) is 0 Å². The Balaban J connectivity index is 1.96. The smallest absolute Gasteiger partial charge is 0.224 e. The highest BCUT2D eigenvalue weighted by Gasteiger charge is 2.13. The Bertz CT molecular complexity index is 726. The predicted octanol–water partition coefficient (Wildman–Crippen LogP) is 2.79. The molecule has 0 atom stereocenters. The second-order valence-corrected chi connectivity index (χ2v) is 5.48. The number of aromatic nitrogens is 1. The fourth-order valence-electron chi connectivity index (χ4n) is 2.28. The molecule has 1 amide bonds. The molecule has 23 heavy (non-hydrogen) atoms. The van der Waals surface area contributed by atoms with Crippen molar-refractivity contribution in [2.24, 2.45) is 0 Å². The highest BCUT2D eigenvalue weighted by Crippen LogP contribution is 2.16. The van der Waals surface area contributed by atoms with Crippen molar-refractivity contribution in [1.29, 1.82) is 0 Å². The third-order valence-electron chi connectivity index (χ3n) is 3.63. The van der Waals surface area contributed by atoms with E-state index in [2.05, 4.69) is 10.3 Å². The van der Waals surface area contributed by atoms with Crippen LogP contribution in [-0.2, 0) is 11.4 Å². The molecular formula is C18H20N2O3. The monoisotopic (exact) mass is 312 g/mol. The summed E-state index contributed by atoms with van der Waals surface area (Å²) in [7, 11) is 0. The van der Waals surface area contributed by atoms with E-state index in [1.165, 1.54) is 6.20 Å². The molecule has 1 aromatic heterocycles. The fourth-order valence-corrected chi connectivity index (χ4v) is 2.28. The molecule has 0 unspecified atom stereocenters. The maximum absolute atomic E-state index is 12.3. The van der Waals surface area contributed by atoms with Gasteiger partial charge >= 0.3 is 0 Å². The standard InChI is InChI=1S/C18H20N2O3/c1-12-3-4-13(2)15(9-12)17(22)5-6-18(23)20-16-10-19-8-7-14(16)11-21/h3-4,7-10,21H,5-6,11H2,1-2H3,(H,20,23). The molecule has 0 spiro atoms. The number of aryl methyl sites for hydroxylation is 2. The Kier molecular flexibility index (Phi) is 5.60. The van der Waals surface area contributed by atoms with Crippen molar-refractivity contribution < 1.29 is 14.7 Å². The number of nitrogens with one attached hydrogen (secondary N) is 1. The van der Waals surface area contributed by atoms with Gasteiger partial charge in [-0.25, -0.2) is 0 Å². The minimum Gasteiger partial charge on any atom is -0.392 e. The van der Waals surface area contributed by atoms with E-state index in [0.29, 0.717) is 16.8 Å². The molecule has 0 radical (unpaired) electrons. The van der Waals surface area contributed by atoms with Gasteiger partial charge in [-0.1, -0.05) is 17.7 Å². The zero-order valence-electron chi connectivity index (χ0n) is 13.3. The number of anilines is 1. The number of aliphatic hydroxyl groups excluding tert-OH is 1. The molecule has 5 heteroatoms. The number of pyridine rings is 1. The highest BCUT2D eigenvalue weighted by atomic mass is 16.3. The first-order valence-electron chi connectivity index (χ1n) is 7.45. The van der Waals surface area contributed by atoms with Crippen LogP contribution in [0.1, 0.15) is 39.9 Å². The minimum atomic E-state index is -0.272. The number of Topliss-reactive ketones (excluding diaryl/α,β-unsaturated/α-hetero) is 1. The van der Waals surface area contributed by atoms with Gasteiger partial charge in [0.2, 0.25) is 5.91 Å². The van der Waals surface area contributed by atoms with Gasteiger partial charge in [0, 0.05) is 30.2 Å². The average Bonchev–Trinajstić information content (AvgIpc) is 2.55. The Morgan fingerprint density at radius 2 is 1.96 bits per heavy atom. The van der Waals surface area contributed by atoms with E-state index in [9.17, 15) is 14.7 Å². The first-order valence-corrected chi connectivity index (χ1v) is 7.45. The van der Waals surface area contributed by atoms with Gasteiger partial charge in [-0.15, -0.1) is 0 Å². The van der Waals surface area contributed by atoms with Crippen molar-refractivity contribution in [3.8, 4) is 0 Å². The van der Waals surface area contributed by atoms with Crippen LogP contribution in [0.25, 0.3) is 0 Å². The van der Waals surface area contributed by atoms with E-state index >= 15 is 0 Å². The molecule has 2 N–H and O–H groups in total. The van der Waals surface area contributed by atoms with Crippen LogP contribution in [0.15, 0.2) is 36.7 Å². The SMILES string of the molecule is Cc1ccc(C)c(C(=O)CCC(=O)Nc2cnccc2CO)c1. The van der Waals surface area contributed by atoms with Gasteiger partial charge in [0.1, 0.15) is 0 Å². The van der Waals surface area contributed by atoms with Crippen molar-refractivity contribution in [2.45, 2.75) is 33.3 Å². The van der Waals surface area contributed by atoms with Gasteiger partial charge in [-0.05, 0) is 31.5 Å². The first kappa shape index (κ1) is 16.8. The summed E-state index contributed by atoms with van der Waals surface area (Å²) in [6.07, 6.45) is 3.26. The number of carbonyl (C=O) groups excluding carboxylic acids is 2. The van der Waals surface area contributed by atoms with Crippen molar-refractivity contribution in [3.05, 3.63) is 58.9 Å². The molecule has 120 valence electrons. The second-order valence-electron chi connectivity index (χ2n) is 5.48. The highest BCUT2D eigenvalue weighted by molar-refractivity contribution is 6.01. The molecule has 0 fully saturated rings. The average molecular weight is 312 g/mol. The first-order chi connectivity index (χ1) is 11.0. The molecule has 0 aliphatic heterocycles. The van der Waals surface area contributed by atoms with Crippen LogP contribution in [0.4, 0.5) is 5.69 Å². The van der Waals surface area contributed by atoms with E-state index in [1.54, 1.807) is 12.3 Å². The molecule has 2 aromatic rings. The summed E-state index contributed by atoms with van der Waals surface area (Å²) in [6, 6.07) is 7.35. The molecule has 0 aliphatic carbocycles. The van der Waals surface area contributed by atoms with E-state index in [0.717, 1.165) is 11.1 Å². The van der Waals surface area contributed by atoms with Crippen molar-refractivity contribution >= 4 is 17.4 Å². The number of ketones is 1. The van der Waals surface area contributed by atoms with Gasteiger partial charge in [0.05, 0.1) is 18.5 Å². The molecule has 0 aliphatic rings. The number of carbonyl (C=O) groups is 2. The minimum absolute atomic E-state index is 0.0464. The Labute approximate surface area is 135 Å². The maximum atomic E-state index is 12.3. The number of benzene rings is 1. The Hall–Kier alpha value is -2.53. The van der Waals surface area contributed by atoms with E-state index in [1.807, 2.05) is 32.0 Å². The summed E-state index contributed by atoms with van der Waals surface area (Å²) in [5.74, 6) is -0.318.